The van der Waals surface area contributed by atoms with E-state index in [0.717, 1.165) is 19.3 Å². The van der Waals surface area contributed by atoms with E-state index in [9.17, 15) is 4.79 Å². The molecule has 0 bridgehead atoms. The summed E-state index contributed by atoms with van der Waals surface area (Å²) in [6.07, 6.45) is 1.95. The number of aldehydes is 1. The van der Waals surface area contributed by atoms with Gasteiger partial charge in [-0.3, -0.25) is 0 Å². The van der Waals surface area contributed by atoms with Crippen LogP contribution in [0.25, 0.3) is 0 Å². The molecule has 3 heteroatoms. The second-order valence-electron chi connectivity index (χ2n) is 4.24. The standard InChI is InChI=1S/C9H17NO2/c1-9(2,3)12-8-4-7(6-11)10-5-8/h6-8,10H,4-5H2,1-3H3/t7-,8?/m1/s1. The van der Waals surface area contributed by atoms with Crippen LogP contribution in [-0.2, 0) is 9.53 Å². The summed E-state index contributed by atoms with van der Waals surface area (Å²) in [5, 5.41) is 3.09. The number of nitrogens with one attached hydrogen (secondary N) is 1. The van der Waals surface area contributed by atoms with Crippen LogP contribution in [-0.4, -0.2) is 30.6 Å². The van der Waals surface area contributed by atoms with E-state index >= 15 is 0 Å². The molecule has 0 spiro atoms. The first kappa shape index (κ1) is 9.68. The van der Waals surface area contributed by atoms with Crippen LogP contribution in [0.15, 0.2) is 0 Å². The fourth-order valence-electron chi connectivity index (χ4n) is 1.43. The SMILES string of the molecule is CC(C)(C)OC1CN[C@@H](C=O)C1. The highest BCUT2D eigenvalue weighted by molar-refractivity contribution is 5.58. The number of rotatable bonds is 2. The number of ether oxygens (including phenoxy) is 1. The lowest BCUT2D eigenvalue weighted by molar-refractivity contribution is -0.109. The Kier molecular flexibility index (Phi) is 2.85. The van der Waals surface area contributed by atoms with Gasteiger partial charge in [0.05, 0.1) is 17.7 Å². The molecular weight excluding hydrogens is 154 g/mol. The number of hydrogen-bond acceptors (Lipinski definition) is 3. The van der Waals surface area contributed by atoms with Gasteiger partial charge in [-0.2, -0.15) is 0 Å². The lowest BCUT2D eigenvalue weighted by atomic mass is 10.1. The van der Waals surface area contributed by atoms with Crippen LogP contribution >= 0.6 is 0 Å². The largest absolute Gasteiger partial charge is 0.371 e. The van der Waals surface area contributed by atoms with Gasteiger partial charge in [-0.1, -0.05) is 0 Å². The Bertz CT molecular complexity index is 162. The molecule has 12 heavy (non-hydrogen) atoms. The van der Waals surface area contributed by atoms with Crippen molar-refractivity contribution in [2.45, 2.75) is 44.9 Å². The molecule has 1 aliphatic rings. The molecule has 0 aromatic carbocycles. The maximum absolute atomic E-state index is 10.4. The fraction of sp³-hybridized carbons (Fsp3) is 0.889. The van der Waals surface area contributed by atoms with Crippen LogP contribution in [0.4, 0.5) is 0 Å². The van der Waals surface area contributed by atoms with E-state index in [4.69, 9.17) is 4.74 Å². The van der Waals surface area contributed by atoms with Crippen molar-refractivity contribution in [1.82, 2.24) is 5.32 Å². The van der Waals surface area contributed by atoms with E-state index in [0.29, 0.717) is 0 Å². The number of carbonyl (C=O) groups is 1. The molecule has 1 N–H and O–H groups in total. The Labute approximate surface area is 73.5 Å². The zero-order chi connectivity index (χ0) is 9.19. The summed E-state index contributed by atoms with van der Waals surface area (Å²) in [4.78, 5) is 10.4. The minimum Gasteiger partial charge on any atom is -0.371 e. The first-order chi connectivity index (χ1) is 5.51. The Hall–Kier alpha value is -0.410. The Morgan fingerprint density at radius 3 is 2.58 bits per heavy atom. The molecule has 0 aliphatic carbocycles. The molecule has 1 unspecified atom stereocenters. The normalized spacial score (nSPS) is 30.6. The van der Waals surface area contributed by atoms with Gasteiger partial charge in [0, 0.05) is 6.54 Å². The van der Waals surface area contributed by atoms with Crippen molar-refractivity contribution in [2.75, 3.05) is 6.54 Å². The Balaban J connectivity index is 2.33. The zero-order valence-electron chi connectivity index (χ0n) is 7.96. The van der Waals surface area contributed by atoms with Gasteiger partial charge in [0.2, 0.25) is 0 Å². The molecule has 0 radical (unpaired) electrons. The molecule has 3 nitrogen and oxygen atoms in total. The van der Waals surface area contributed by atoms with Gasteiger partial charge < -0.3 is 14.8 Å². The van der Waals surface area contributed by atoms with E-state index < -0.39 is 0 Å². The van der Waals surface area contributed by atoms with Crippen LogP contribution < -0.4 is 5.32 Å². The molecule has 0 aromatic rings. The van der Waals surface area contributed by atoms with Crippen molar-refractivity contribution in [2.24, 2.45) is 0 Å². The minimum atomic E-state index is -0.107. The Morgan fingerprint density at radius 2 is 2.17 bits per heavy atom. The molecule has 2 atom stereocenters. The van der Waals surface area contributed by atoms with Gasteiger partial charge in [0.15, 0.2) is 0 Å². The second kappa shape index (κ2) is 3.54. The molecule has 1 saturated heterocycles. The summed E-state index contributed by atoms with van der Waals surface area (Å²) < 4.78 is 5.71. The van der Waals surface area contributed by atoms with Crippen LogP contribution in [0.1, 0.15) is 27.2 Å². The van der Waals surface area contributed by atoms with Gasteiger partial charge in [-0.15, -0.1) is 0 Å². The third kappa shape index (κ3) is 2.91. The van der Waals surface area contributed by atoms with E-state index in [1.807, 2.05) is 20.8 Å². The molecule has 0 amide bonds. The van der Waals surface area contributed by atoms with Crippen molar-refractivity contribution in [3.8, 4) is 0 Å². The first-order valence-corrected chi connectivity index (χ1v) is 4.38. The molecule has 0 saturated carbocycles. The summed E-state index contributed by atoms with van der Waals surface area (Å²) in [6.45, 7) is 6.88. The molecule has 70 valence electrons. The van der Waals surface area contributed by atoms with Crippen LogP contribution in [0.2, 0.25) is 0 Å². The molecule has 1 aliphatic heterocycles. The predicted molar refractivity (Wildman–Crippen MR) is 47.1 cm³/mol. The van der Waals surface area contributed by atoms with Crippen LogP contribution in [0.5, 0.6) is 0 Å². The van der Waals surface area contributed by atoms with Crippen molar-refractivity contribution in [3.05, 3.63) is 0 Å². The highest BCUT2D eigenvalue weighted by Gasteiger charge is 2.27. The lowest BCUT2D eigenvalue weighted by Gasteiger charge is -2.24. The minimum absolute atomic E-state index is 0.00245. The molecule has 1 rings (SSSR count). The molecule has 1 heterocycles. The van der Waals surface area contributed by atoms with Gasteiger partial charge in [-0.05, 0) is 27.2 Å². The summed E-state index contributed by atoms with van der Waals surface area (Å²) in [7, 11) is 0. The number of carbonyl (C=O) groups excluding carboxylic acids is 1. The summed E-state index contributed by atoms with van der Waals surface area (Å²) >= 11 is 0. The monoisotopic (exact) mass is 171 g/mol. The van der Waals surface area contributed by atoms with Crippen molar-refractivity contribution in [1.29, 1.82) is 0 Å². The zero-order valence-corrected chi connectivity index (χ0v) is 7.96. The highest BCUT2D eigenvalue weighted by atomic mass is 16.5. The average Bonchev–Trinajstić information content (AvgIpc) is 2.32. The van der Waals surface area contributed by atoms with Crippen molar-refractivity contribution < 1.29 is 9.53 Å². The van der Waals surface area contributed by atoms with E-state index in [1.54, 1.807) is 0 Å². The van der Waals surface area contributed by atoms with Crippen LogP contribution in [0, 0.1) is 0 Å². The smallest absolute Gasteiger partial charge is 0.136 e. The number of hydrogen-bond donors (Lipinski definition) is 1. The maximum atomic E-state index is 10.4. The topological polar surface area (TPSA) is 38.3 Å². The first-order valence-electron chi connectivity index (χ1n) is 4.38. The molecule has 0 aromatic heterocycles. The maximum Gasteiger partial charge on any atom is 0.136 e. The highest BCUT2D eigenvalue weighted by Crippen LogP contribution is 2.16. The second-order valence-corrected chi connectivity index (χ2v) is 4.24. The van der Waals surface area contributed by atoms with E-state index in [-0.39, 0.29) is 17.7 Å². The van der Waals surface area contributed by atoms with Gasteiger partial charge >= 0.3 is 0 Å². The van der Waals surface area contributed by atoms with Crippen molar-refractivity contribution in [3.63, 3.8) is 0 Å². The van der Waals surface area contributed by atoms with Gasteiger partial charge in [0.25, 0.3) is 0 Å². The summed E-state index contributed by atoms with van der Waals surface area (Å²) in [5.74, 6) is 0. The van der Waals surface area contributed by atoms with Crippen LogP contribution in [0.3, 0.4) is 0 Å². The third-order valence-electron chi connectivity index (χ3n) is 1.81. The lowest BCUT2D eigenvalue weighted by Crippen LogP contribution is -2.28. The fourth-order valence-corrected chi connectivity index (χ4v) is 1.43. The van der Waals surface area contributed by atoms with E-state index in [1.165, 1.54) is 0 Å². The summed E-state index contributed by atoms with van der Waals surface area (Å²) in [5.41, 5.74) is -0.107. The molecular formula is C9H17NO2. The quantitative estimate of drug-likeness (QED) is 0.622. The Morgan fingerprint density at radius 1 is 1.50 bits per heavy atom. The predicted octanol–water partition coefficient (Wildman–Crippen LogP) is 0.731. The van der Waals surface area contributed by atoms with Gasteiger partial charge in [-0.25, -0.2) is 0 Å². The van der Waals surface area contributed by atoms with Gasteiger partial charge in [0.1, 0.15) is 6.29 Å². The molecule has 1 fully saturated rings. The summed E-state index contributed by atoms with van der Waals surface area (Å²) in [6, 6.07) is -0.00245. The third-order valence-corrected chi connectivity index (χ3v) is 1.81. The average molecular weight is 171 g/mol. The van der Waals surface area contributed by atoms with Crippen molar-refractivity contribution >= 4 is 6.29 Å². The van der Waals surface area contributed by atoms with E-state index in [2.05, 4.69) is 5.32 Å².